The van der Waals surface area contributed by atoms with E-state index < -0.39 is 0 Å². The van der Waals surface area contributed by atoms with E-state index in [1.165, 1.54) is 54.6 Å². The molecule has 0 spiro atoms. The Labute approximate surface area is 321 Å². The number of hydrogen-bond donors (Lipinski definition) is 0. The van der Waals surface area contributed by atoms with Gasteiger partial charge in [-0.15, -0.1) is 11.8 Å². The lowest BCUT2D eigenvalue weighted by Gasteiger charge is -2.52. The number of nitrogens with zero attached hydrogens (tertiary/aromatic N) is 2. The van der Waals surface area contributed by atoms with E-state index >= 15 is 0 Å². The Hall–Kier alpha value is -0.510. The predicted octanol–water partition coefficient (Wildman–Crippen LogP) is 14.9. The fraction of sp³-hybridized carbons (Fsp3) is 0.872. The van der Waals surface area contributed by atoms with Crippen molar-refractivity contribution in [2.75, 3.05) is 18.8 Å². The van der Waals surface area contributed by atoms with Gasteiger partial charge in [0.2, 0.25) is 0 Å². The Kier molecular flexibility index (Phi) is 18.5. The molecule has 3 atom stereocenters. The van der Waals surface area contributed by atoms with Gasteiger partial charge in [-0.05, 0) is 154 Å². The molecular formula is C47H92N2S. The normalized spacial score (nSPS) is 16.1. The molecule has 0 aliphatic heterocycles. The van der Waals surface area contributed by atoms with E-state index in [2.05, 4.69) is 175 Å². The fourth-order valence-electron chi connectivity index (χ4n) is 8.91. The van der Waals surface area contributed by atoms with Gasteiger partial charge >= 0.3 is 0 Å². The summed E-state index contributed by atoms with van der Waals surface area (Å²) in [6.07, 6.45) is 8.24. The second kappa shape index (κ2) is 18.7. The lowest BCUT2D eigenvalue weighted by molar-refractivity contribution is -0.0299. The minimum absolute atomic E-state index is 0.0975. The van der Waals surface area contributed by atoms with Gasteiger partial charge in [-0.1, -0.05) is 107 Å². The standard InChI is InChI=1S/C47H92N2S/c1-25-27-44(17,18)38(5)34-50-39(6)31-37(4)40(7)36(3)26-28-45(19,20)46(21,22)32-35(2)33-47(23,24)49(43(14,15)16)30-29-48(41(8,9)10)42(11,12)13/h35-37H,5-7,25-34H2,1-4,8-24H3. The van der Waals surface area contributed by atoms with Gasteiger partial charge < -0.3 is 0 Å². The topological polar surface area (TPSA) is 6.48 Å². The first kappa shape index (κ1) is 49.5. The van der Waals surface area contributed by atoms with Gasteiger partial charge in [0.25, 0.3) is 0 Å². The number of rotatable bonds is 22. The van der Waals surface area contributed by atoms with Gasteiger partial charge in [0.1, 0.15) is 0 Å². The lowest BCUT2D eigenvalue weighted by Crippen LogP contribution is -2.60. The third-order valence-electron chi connectivity index (χ3n) is 12.5. The first-order valence-corrected chi connectivity index (χ1v) is 21.3. The minimum Gasteiger partial charge on any atom is -0.292 e. The van der Waals surface area contributed by atoms with Crippen LogP contribution in [0.15, 0.2) is 35.8 Å². The molecule has 0 saturated heterocycles. The molecule has 0 aromatic heterocycles. The van der Waals surface area contributed by atoms with Crippen LogP contribution in [-0.4, -0.2) is 50.8 Å². The van der Waals surface area contributed by atoms with Gasteiger partial charge in [-0.2, -0.15) is 0 Å². The van der Waals surface area contributed by atoms with E-state index in [-0.39, 0.29) is 38.4 Å². The van der Waals surface area contributed by atoms with E-state index in [4.69, 9.17) is 0 Å². The smallest absolute Gasteiger partial charge is 0.0189 e. The van der Waals surface area contributed by atoms with Crippen molar-refractivity contribution in [3.8, 4) is 0 Å². The lowest BCUT2D eigenvalue weighted by atomic mass is 9.61. The van der Waals surface area contributed by atoms with Crippen LogP contribution in [0.5, 0.6) is 0 Å². The highest BCUT2D eigenvalue weighted by atomic mass is 32.2. The summed E-state index contributed by atoms with van der Waals surface area (Å²) in [4.78, 5) is 6.75. The van der Waals surface area contributed by atoms with Crippen LogP contribution in [0.2, 0.25) is 0 Å². The molecule has 0 N–H and O–H groups in total. The van der Waals surface area contributed by atoms with Crippen molar-refractivity contribution in [3.63, 3.8) is 0 Å². The average Bonchev–Trinajstić information content (AvgIpc) is 2.88. The second-order valence-electron chi connectivity index (χ2n) is 22.1. The molecule has 0 fully saturated rings. The number of thioether (sulfide) groups is 1. The fourth-order valence-corrected chi connectivity index (χ4v) is 10.0. The Bertz CT molecular complexity index is 1050. The molecule has 0 bridgehead atoms. The maximum atomic E-state index is 4.63. The third-order valence-corrected chi connectivity index (χ3v) is 13.6. The maximum absolute atomic E-state index is 4.63. The Morgan fingerprint density at radius 3 is 1.50 bits per heavy atom. The highest BCUT2D eigenvalue weighted by Gasteiger charge is 2.42. The summed E-state index contributed by atoms with van der Waals surface area (Å²) >= 11 is 1.89. The average molecular weight is 717 g/mol. The monoisotopic (exact) mass is 717 g/mol. The first-order chi connectivity index (χ1) is 22.1. The van der Waals surface area contributed by atoms with Crippen LogP contribution in [-0.2, 0) is 0 Å². The third kappa shape index (κ3) is 15.8. The largest absolute Gasteiger partial charge is 0.292 e. The van der Waals surface area contributed by atoms with Crippen molar-refractivity contribution in [1.82, 2.24) is 9.80 Å². The molecule has 0 aromatic rings. The molecule has 3 unspecified atom stereocenters. The summed E-state index contributed by atoms with van der Waals surface area (Å²) < 4.78 is 0. The molecule has 0 radical (unpaired) electrons. The van der Waals surface area contributed by atoms with Crippen LogP contribution >= 0.6 is 11.8 Å². The quantitative estimate of drug-likeness (QED) is 0.103. The van der Waals surface area contributed by atoms with Gasteiger partial charge in [0.15, 0.2) is 0 Å². The summed E-state index contributed by atoms with van der Waals surface area (Å²) in [6.45, 7) is 66.3. The number of allylic oxidation sites excluding steroid dienone is 2. The summed E-state index contributed by atoms with van der Waals surface area (Å²) in [5.74, 6) is 2.56. The van der Waals surface area contributed by atoms with Crippen LogP contribution < -0.4 is 0 Å². The van der Waals surface area contributed by atoms with Gasteiger partial charge in [-0.25, -0.2) is 0 Å². The molecule has 0 aliphatic rings. The highest BCUT2D eigenvalue weighted by Crippen LogP contribution is 2.49. The molecule has 0 rings (SSSR count). The van der Waals surface area contributed by atoms with Crippen molar-refractivity contribution in [2.45, 2.75) is 212 Å². The van der Waals surface area contributed by atoms with E-state index in [1.807, 2.05) is 11.8 Å². The van der Waals surface area contributed by atoms with E-state index in [9.17, 15) is 0 Å². The van der Waals surface area contributed by atoms with Crippen LogP contribution in [0.25, 0.3) is 0 Å². The molecule has 2 nitrogen and oxygen atoms in total. The minimum atomic E-state index is 0.0975. The van der Waals surface area contributed by atoms with Gasteiger partial charge in [0, 0.05) is 41.0 Å². The van der Waals surface area contributed by atoms with Crippen molar-refractivity contribution in [3.05, 3.63) is 35.8 Å². The SMILES string of the molecule is C=C(CC(C)C(=C)C(C)CCC(C)(C)C(C)(C)CC(C)CC(C)(C)N(CCN(C(C)(C)C)C(C)(C)C)C(C)(C)C)SCC(=C)C(C)(C)CCC. The molecule has 0 aliphatic carbocycles. The maximum Gasteiger partial charge on any atom is 0.0189 e. The van der Waals surface area contributed by atoms with Gasteiger partial charge in [0.05, 0.1) is 0 Å². The molecule has 50 heavy (non-hydrogen) atoms. The van der Waals surface area contributed by atoms with Crippen LogP contribution in [0, 0.1) is 34.0 Å². The number of hydrogen-bond acceptors (Lipinski definition) is 3. The summed E-state index contributed by atoms with van der Waals surface area (Å²) in [6, 6.07) is 0. The van der Waals surface area contributed by atoms with Crippen molar-refractivity contribution >= 4 is 11.8 Å². The molecule has 0 aromatic carbocycles. The molecule has 0 saturated carbocycles. The predicted molar refractivity (Wildman–Crippen MR) is 233 cm³/mol. The Balaban J connectivity index is 5.42. The Morgan fingerprint density at radius 2 is 1.06 bits per heavy atom. The van der Waals surface area contributed by atoms with E-state index in [1.54, 1.807) is 0 Å². The molecule has 0 heterocycles. The molecule has 0 amide bonds. The van der Waals surface area contributed by atoms with Crippen molar-refractivity contribution in [1.29, 1.82) is 0 Å². The first-order valence-electron chi connectivity index (χ1n) is 20.4. The zero-order chi connectivity index (χ0) is 39.9. The molecule has 296 valence electrons. The Morgan fingerprint density at radius 1 is 0.600 bits per heavy atom. The van der Waals surface area contributed by atoms with Crippen LogP contribution in [0.3, 0.4) is 0 Å². The summed E-state index contributed by atoms with van der Waals surface area (Å²) in [5, 5.41) is 0. The highest BCUT2D eigenvalue weighted by molar-refractivity contribution is 8.03. The van der Waals surface area contributed by atoms with Crippen LogP contribution in [0.1, 0.15) is 190 Å². The zero-order valence-electron chi connectivity index (χ0n) is 38.2. The van der Waals surface area contributed by atoms with E-state index in [0.717, 1.165) is 25.3 Å². The zero-order valence-corrected chi connectivity index (χ0v) is 39.0. The van der Waals surface area contributed by atoms with Crippen molar-refractivity contribution in [2.24, 2.45) is 34.0 Å². The molecular weight excluding hydrogens is 625 g/mol. The second-order valence-corrected chi connectivity index (χ2v) is 23.2. The van der Waals surface area contributed by atoms with E-state index in [0.29, 0.717) is 17.8 Å². The summed E-state index contributed by atoms with van der Waals surface area (Å²) in [7, 11) is 0. The van der Waals surface area contributed by atoms with Gasteiger partial charge in [-0.3, -0.25) is 9.80 Å². The summed E-state index contributed by atoms with van der Waals surface area (Å²) in [5.41, 5.74) is 3.85. The van der Waals surface area contributed by atoms with Crippen LogP contribution in [0.4, 0.5) is 0 Å². The van der Waals surface area contributed by atoms with Crippen molar-refractivity contribution < 1.29 is 0 Å². The molecule has 3 heteroatoms.